The van der Waals surface area contributed by atoms with Crippen molar-refractivity contribution in [1.82, 2.24) is 46.0 Å². The second-order valence-corrected chi connectivity index (χ2v) is 31.1. The average Bonchev–Trinajstić information content (AvgIpc) is 1.77. The highest BCUT2D eigenvalue weighted by Crippen LogP contribution is 2.31. The molecule has 3 amide bonds. The van der Waals surface area contributed by atoms with E-state index in [2.05, 4.69) is 53.0 Å². The predicted molar refractivity (Wildman–Crippen MR) is 464 cm³/mol. The summed E-state index contributed by atoms with van der Waals surface area (Å²) in [6.45, 7) is 12.7. The smallest absolute Gasteiger partial charge is 0.269 e. The van der Waals surface area contributed by atoms with Gasteiger partial charge in [-0.25, -0.2) is 19.9 Å². The summed E-state index contributed by atoms with van der Waals surface area (Å²) in [6, 6.07) is 52.4. The second-order valence-electron chi connectivity index (χ2n) is 27.6. The quantitative estimate of drug-likeness (QED) is 0.0163. The molecule has 0 saturated carbocycles. The van der Waals surface area contributed by atoms with Crippen molar-refractivity contribution >= 4 is 114 Å². The third kappa shape index (κ3) is 28.4. The van der Waals surface area contributed by atoms with E-state index in [0.717, 1.165) is 107 Å². The van der Waals surface area contributed by atoms with Crippen LogP contribution in [0.15, 0.2) is 214 Å². The number of nitrogens with zero attached hydrogens (tertiary/aromatic N) is 10. The van der Waals surface area contributed by atoms with Gasteiger partial charge >= 0.3 is 0 Å². The first-order chi connectivity index (χ1) is 56.8. The highest BCUT2D eigenvalue weighted by Gasteiger charge is 2.33. The number of benzene rings is 7. The van der Waals surface area contributed by atoms with E-state index in [1.807, 2.05) is 133 Å². The van der Waals surface area contributed by atoms with Crippen molar-refractivity contribution in [3.8, 4) is 0 Å². The molecular formula is C86H91BrN14O14S4. The van der Waals surface area contributed by atoms with E-state index in [9.17, 15) is 64.4 Å². The molecule has 28 nitrogen and oxygen atoms in total. The first-order valence-corrected chi connectivity index (χ1v) is 41.6. The van der Waals surface area contributed by atoms with Crippen LogP contribution in [0, 0.1) is 59.2 Å². The van der Waals surface area contributed by atoms with Gasteiger partial charge in [-0.15, -0.1) is 62.3 Å². The molecule has 5 N–H and O–H groups in total. The number of carbonyl (C=O) groups excluding carboxylic acids is 5. The van der Waals surface area contributed by atoms with Gasteiger partial charge in [0.25, 0.3) is 22.7 Å². The summed E-state index contributed by atoms with van der Waals surface area (Å²) >= 11 is 5.96. The number of hydrogen-bond acceptors (Lipinski definition) is 25. The van der Waals surface area contributed by atoms with E-state index in [4.69, 9.17) is 10.3 Å². The molecule has 0 radical (unpaired) electrons. The minimum atomic E-state index is -0.803. The number of hydrogen-bond donors (Lipinski definition) is 4. The number of halogens is 1. The number of nitro groups is 4. The molecule has 7 aromatic carbocycles. The Hall–Kier alpha value is -12.0. The number of nitrogens with two attached hydrogens (primary N) is 1. The van der Waals surface area contributed by atoms with Crippen molar-refractivity contribution in [3.63, 3.8) is 0 Å². The first kappa shape index (κ1) is 92.5. The Kier molecular flexibility index (Phi) is 35.9. The fraction of sp³-hybridized carbons (Fsp3) is 0.291. The first-order valence-electron chi connectivity index (χ1n) is 38.1. The van der Waals surface area contributed by atoms with Crippen LogP contribution in [-0.4, -0.2) is 79.1 Å². The lowest BCUT2D eigenvalue weighted by molar-refractivity contribution is -0.385. The summed E-state index contributed by atoms with van der Waals surface area (Å²) < 4.78 is 5.38. The maximum Gasteiger partial charge on any atom is 0.269 e. The highest BCUT2D eigenvalue weighted by molar-refractivity contribution is 8.93. The van der Waals surface area contributed by atoms with Gasteiger partial charge in [-0.1, -0.05) is 172 Å². The summed E-state index contributed by atoms with van der Waals surface area (Å²) in [6.07, 6.45) is 6.18. The third-order valence-electron chi connectivity index (χ3n) is 18.9. The fourth-order valence-corrected chi connectivity index (χ4v) is 16.0. The van der Waals surface area contributed by atoms with Gasteiger partial charge in [0.1, 0.15) is 49.4 Å². The van der Waals surface area contributed by atoms with Crippen LogP contribution in [0.1, 0.15) is 165 Å². The van der Waals surface area contributed by atoms with Gasteiger partial charge in [0.05, 0.1) is 66.6 Å². The number of aromatic nitrogens is 6. The van der Waals surface area contributed by atoms with Crippen molar-refractivity contribution in [2.24, 2.45) is 17.6 Å². The zero-order valence-corrected chi connectivity index (χ0v) is 71.3. The van der Waals surface area contributed by atoms with Gasteiger partial charge in [0.15, 0.2) is 5.82 Å². The minimum Gasteiger partial charge on any atom is -0.346 e. The van der Waals surface area contributed by atoms with Crippen LogP contribution < -0.4 is 21.7 Å². The topological polar surface area (TPSA) is 410 Å². The molecule has 7 atom stereocenters. The van der Waals surface area contributed by atoms with E-state index in [0.29, 0.717) is 50.8 Å². The van der Waals surface area contributed by atoms with E-state index in [1.165, 1.54) is 96.4 Å². The molecule has 5 aromatic heterocycles. The van der Waals surface area contributed by atoms with Crippen molar-refractivity contribution in [1.29, 1.82) is 0 Å². The zero-order chi connectivity index (χ0) is 84.8. The Balaban J connectivity index is 0.000000201. The van der Waals surface area contributed by atoms with Crippen LogP contribution in [0.25, 0.3) is 0 Å². The van der Waals surface area contributed by atoms with Gasteiger partial charge in [0, 0.05) is 70.1 Å². The Morgan fingerprint density at radius 2 is 0.647 bits per heavy atom. The lowest BCUT2D eigenvalue weighted by Crippen LogP contribution is -2.38. The Morgan fingerprint density at radius 3 is 0.916 bits per heavy atom. The number of ketones is 2. The summed E-state index contributed by atoms with van der Waals surface area (Å²) in [4.78, 5) is 129. The summed E-state index contributed by atoms with van der Waals surface area (Å²) in [7, 11) is 0. The summed E-state index contributed by atoms with van der Waals surface area (Å²) in [5, 5.41) is 67.6. The Bertz CT molecular complexity index is 5130. The monoisotopic (exact) mass is 1750 g/mol. The van der Waals surface area contributed by atoms with Gasteiger partial charge in [0.2, 0.25) is 23.6 Å². The maximum atomic E-state index is 13.6. The van der Waals surface area contributed by atoms with E-state index in [1.54, 1.807) is 66.8 Å². The van der Waals surface area contributed by atoms with Crippen LogP contribution in [0.2, 0.25) is 0 Å². The van der Waals surface area contributed by atoms with Gasteiger partial charge < -0.3 is 26.2 Å². The minimum absolute atomic E-state index is 0. The zero-order valence-electron chi connectivity index (χ0n) is 66.3. The maximum absolute atomic E-state index is 13.6. The van der Waals surface area contributed by atoms with Crippen LogP contribution in [0.3, 0.4) is 0 Å². The lowest BCUT2D eigenvalue weighted by atomic mass is 9.94. The molecule has 33 heteroatoms. The van der Waals surface area contributed by atoms with E-state index >= 15 is 0 Å². The summed E-state index contributed by atoms with van der Waals surface area (Å²) in [5.41, 5.74) is 16.4. The van der Waals surface area contributed by atoms with Crippen LogP contribution in [0.5, 0.6) is 0 Å². The lowest BCUT2D eigenvalue weighted by Gasteiger charge is -2.21. The molecule has 0 aliphatic heterocycles. The largest absolute Gasteiger partial charge is 0.346 e. The fourth-order valence-electron chi connectivity index (χ4n) is 12.2. The molecule has 0 saturated heterocycles. The SMILES string of the molecule is Br.CCc1csc([C@@H](N)Cc2ccc([N+](=O)[O-])cc2)n1.CCc1csc([C@H](Cc2ccc([N+](=O)[O-])cc2)NC(=O)C(Cc2ccccc2)C(C)=O)n1.CCc1csc([C@H](Cc2ccc([N+](=O)[O-])cc2)NC(=O)C(Cc2ccccc2)C(C)=O)n1.CCc1csc([C@H](Cc2ccc([N+](=O)[O-])cc2)NC(=O)C(Cc2ccccc2)c2nc(C)no2)n1. The Labute approximate surface area is 714 Å². The van der Waals surface area contributed by atoms with Crippen molar-refractivity contribution in [3.05, 3.63) is 344 Å². The molecule has 12 aromatic rings. The molecular weight excluding hydrogens is 1660 g/mol. The normalized spacial score (nSPS) is 12.5. The number of carbonyl (C=O) groups is 5. The molecule has 5 heterocycles. The van der Waals surface area contributed by atoms with Crippen LogP contribution in [0.4, 0.5) is 22.7 Å². The van der Waals surface area contributed by atoms with E-state index in [-0.39, 0.29) is 81.0 Å². The van der Waals surface area contributed by atoms with E-state index < -0.39 is 55.6 Å². The predicted octanol–water partition coefficient (Wildman–Crippen LogP) is 17.1. The molecule has 620 valence electrons. The number of non-ortho nitro benzene ring substituents is 4. The number of nitrogens with one attached hydrogen (secondary N) is 3. The number of amides is 3. The number of Topliss-reactive ketones (excluding diaryl/α,β-unsaturated/α-hetero) is 2. The molecule has 0 spiro atoms. The Morgan fingerprint density at radius 1 is 0.378 bits per heavy atom. The highest BCUT2D eigenvalue weighted by atomic mass is 79.9. The third-order valence-corrected chi connectivity index (χ3v) is 22.9. The molecule has 0 fully saturated rings. The molecule has 3 unspecified atom stereocenters. The molecule has 119 heavy (non-hydrogen) atoms. The molecule has 0 aliphatic rings. The van der Waals surface area contributed by atoms with Crippen molar-refractivity contribution in [2.45, 2.75) is 149 Å². The molecule has 0 aliphatic carbocycles. The second kappa shape index (κ2) is 46.2. The van der Waals surface area contributed by atoms with Crippen LogP contribution in [-0.2, 0) is 94.6 Å². The molecule has 0 bridgehead atoms. The number of thiazole rings is 4. The van der Waals surface area contributed by atoms with Gasteiger partial charge in [-0.2, -0.15) is 4.98 Å². The number of nitro benzene ring substituents is 4. The standard InChI is InChI=1S/C25H25N5O4S.2C24H25N3O4S.C13H15N3O2S.BrH/c1-3-19-15-35-25(27-19)22(14-18-9-11-20(12-10-18)30(32)33)28-23(31)21(24-26-16(2)29-34-24)13-17-7-5-4-6-8-17;2*1-3-19-15-32-24(25-19)22(14-18-9-11-20(12-10-18)27(30)31)26-23(29)21(16(2)28)13-17-7-5-4-6-8-17;1-2-10-8-19-13(15-10)12(14)7-9-3-5-11(6-4-9)16(17)18;/h4-12,15,21-22H,3,13-14H2,1-2H3,(H,28,31);2*4-12,15,21-22H,3,13-14H2,1-2H3,(H,26,29);3-6,8,12H,2,7,14H2,1H3;1H/t3*21?,22-;12-;/m0000./s1. The number of aryl methyl sites for hydroxylation is 5. The van der Waals surface area contributed by atoms with Crippen molar-refractivity contribution in [2.75, 3.05) is 0 Å². The molecule has 12 rings (SSSR count). The van der Waals surface area contributed by atoms with Gasteiger partial charge in [-0.05, 0) is 130 Å². The average molecular weight is 1750 g/mol. The number of rotatable bonds is 35. The van der Waals surface area contributed by atoms with Gasteiger partial charge in [-0.3, -0.25) is 64.4 Å². The summed E-state index contributed by atoms with van der Waals surface area (Å²) in [5.74, 6) is -2.91. The van der Waals surface area contributed by atoms with Crippen molar-refractivity contribution < 1.29 is 48.2 Å². The van der Waals surface area contributed by atoms with Crippen LogP contribution >= 0.6 is 62.3 Å².